The lowest BCUT2D eigenvalue weighted by atomic mass is 10.00. The normalized spacial score (nSPS) is 19.5. The molecule has 0 bridgehead atoms. The molecule has 0 saturated carbocycles. The Morgan fingerprint density at radius 1 is 1.04 bits per heavy atom. The van der Waals surface area contributed by atoms with Crippen molar-refractivity contribution in [1.82, 2.24) is 4.90 Å². The molecule has 1 aliphatic heterocycles. The molecule has 2 N–H and O–H groups in total. The van der Waals surface area contributed by atoms with Gasteiger partial charge in [-0.1, -0.05) is 36.4 Å². The van der Waals surface area contributed by atoms with Crippen LogP contribution in [0.25, 0.3) is 0 Å². The maximum absolute atomic E-state index is 13.0. The first-order valence-corrected chi connectivity index (χ1v) is 8.52. The zero-order chi connectivity index (χ0) is 16.9. The van der Waals surface area contributed by atoms with E-state index in [9.17, 15) is 9.50 Å². The first kappa shape index (κ1) is 17.1. The number of hydrogen-bond donors (Lipinski definition) is 2. The zero-order valence-corrected chi connectivity index (χ0v) is 13.7. The summed E-state index contributed by atoms with van der Waals surface area (Å²) in [5.41, 5.74) is 2.91. The first-order chi connectivity index (χ1) is 11.7. The van der Waals surface area contributed by atoms with Gasteiger partial charge in [-0.2, -0.15) is 0 Å². The predicted octanol–water partition coefficient (Wildman–Crippen LogP) is 3.41. The lowest BCUT2D eigenvalue weighted by Gasteiger charge is -2.26. The van der Waals surface area contributed by atoms with Crippen LogP contribution in [-0.4, -0.2) is 27.7 Å². The minimum absolute atomic E-state index is 0.0660. The van der Waals surface area contributed by atoms with Gasteiger partial charge in [0.2, 0.25) is 0 Å². The van der Waals surface area contributed by atoms with Crippen LogP contribution in [0.1, 0.15) is 42.1 Å². The molecule has 0 radical (unpaired) electrons. The molecule has 0 aromatic heterocycles. The average molecular weight is 329 g/mol. The Balaban J connectivity index is 1.61. The fourth-order valence-corrected chi connectivity index (χ4v) is 3.43. The van der Waals surface area contributed by atoms with Crippen molar-refractivity contribution < 1.29 is 14.6 Å². The molecule has 0 spiro atoms. The van der Waals surface area contributed by atoms with Crippen molar-refractivity contribution in [3.63, 3.8) is 0 Å². The van der Waals surface area contributed by atoms with Crippen LogP contribution >= 0.6 is 0 Å². The maximum Gasteiger partial charge on any atom is 0.123 e. The van der Waals surface area contributed by atoms with Crippen LogP contribution in [0, 0.1) is 5.82 Å². The molecule has 2 atom stereocenters. The Kier molecular flexibility index (Phi) is 5.61. The van der Waals surface area contributed by atoms with Gasteiger partial charge in [-0.15, -0.1) is 0 Å². The highest BCUT2D eigenvalue weighted by Gasteiger charge is 2.27. The Morgan fingerprint density at radius 2 is 1.71 bits per heavy atom. The summed E-state index contributed by atoms with van der Waals surface area (Å²) in [5, 5.41) is 19.6. The second kappa shape index (κ2) is 7.88. The molecule has 2 unspecified atom stereocenters. The molecule has 0 amide bonds. The smallest absolute Gasteiger partial charge is 0.123 e. The van der Waals surface area contributed by atoms with Crippen molar-refractivity contribution in [1.29, 1.82) is 0 Å². The molecule has 1 heterocycles. The van der Waals surface area contributed by atoms with Crippen molar-refractivity contribution in [3.05, 3.63) is 71.0 Å². The van der Waals surface area contributed by atoms with Crippen molar-refractivity contribution >= 4 is 0 Å². The summed E-state index contributed by atoms with van der Waals surface area (Å²) < 4.78 is 13.0. The van der Waals surface area contributed by atoms with E-state index < -0.39 is 6.10 Å². The van der Waals surface area contributed by atoms with E-state index in [1.54, 1.807) is 12.1 Å². The predicted molar refractivity (Wildman–Crippen MR) is 91.8 cm³/mol. The van der Waals surface area contributed by atoms with E-state index in [0.717, 1.165) is 37.1 Å². The van der Waals surface area contributed by atoms with E-state index in [4.69, 9.17) is 5.11 Å². The molecular weight excluding hydrogens is 305 g/mol. The topological polar surface area (TPSA) is 43.7 Å². The summed E-state index contributed by atoms with van der Waals surface area (Å²) in [5.74, 6) is -0.278. The highest BCUT2D eigenvalue weighted by molar-refractivity contribution is 5.22. The van der Waals surface area contributed by atoms with Gasteiger partial charge < -0.3 is 10.2 Å². The van der Waals surface area contributed by atoms with Gasteiger partial charge >= 0.3 is 0 Å². The number of halogens is 1. The number of hydrogen-bond acceptors (Lipinski definition) is 3. The summed E-state index contributed by atoms with van der Waals surface area (Å²) in [6.07, 6.45) is 2.32. The zero-order valence-electron chi connectivity index (χ0n) is 13.7. The first-order valence-electron chi connectivity index (χ1n) is 8.52. The fourth-order valence-electron chi connectivity index (χ4n) is 3.43. The summed E-state index contributed by atoms with van der Waals surface area (Å²) in [6, 6.07) is 14.5. The van der Waals surface area contributed by atoms with Crippen molar-refractivity contribution in [3.8, 4) is 0 Å². The minimum atomic E-state index is -0.562. The van der Waals surface area contributed by atoms with E-state index >= 15 is 0 Å². The van der Waals surface area contributed by atoms with Crippen LogP contribution in [-0.2, 0) is 13.2 Å². The lowest BCUT2D eigenvalue weighted by Crippen LogP contribution is -2.30. The third kappa shape index (κ3) is 4.20. The van der Waals surface area contributed by atoms with Crippen LogP contribution in [0.2, 0.25) is 0 Å². The van der Waals surface area contributed by atoms with Crippen LogP contribution in [0.5, 0.6) is 0 Å². The molecule has 2 aromatic rings. The van der Waals surface area contributed by atoms with Gasteiger partial charge in [0, 0.05) is 12.6 Å². The van der Waals surface area contributed by atoms with E-state index in [1.807, 2.05) is 12.1 Å². The van der Waals surface area contributed by atoms with E-state index in [-0.39, 0.29) is 12.4 Å². The van der Waals surface area contributed by atoms with Gasteiger partial charge in [0.1, 0.15) is 5.82 Å². The molecular formula is C20H24FNO2. The van der Waals surface area contributed by atoms with E-state index in [0.29, 0.717) is 12.5 Å². The molecule has 1 fully saturated rings. The SMILES string of the molecule is OCc1ccc(CN2CCCC2CC(O)c2ccc(F)cc2)cc1. The Hall–Kier alpha value is -1.75. The third-order valence-corrected chi connectivity index (χ3v) is 4.84. The van der Waals surface area contributed by atoms with Crippen molar-refractivity contribution in [2.75, 3.05) is 6.54 Å². The third-order valence-electron chi connectivity index (χ3n) is 4.84. The van der Waals surface area contributed by atoms with Crippen LogP contribution < -0.4 is 0 Å². The van der Waals surface area contributed by atoms with E-state index in [1.165, 1.54) is 17.7 Å². The summed E-state index contributed by atoms with van der Waals surface area (Å²) >= 11 is 0. The Morgan fingerprint density at radius 3 is 2.38 bits per heavy atom. The van der Waals surface area contributed by atoms with Gasteiger partial charge in [-0.05, 0) is 54.6 Å². The van der Waals surface area contributed by atoms with Gasteiger partial charge in [0.05, 0.1) is 12.7 Å². The Labute approximate surface area is 142 Å². The highest BCUT2D eigenvalue weighted by atomic mass is 19.1. The molecule has 128 valence electrons. The molecule has 24 heavy (non-hydrogen) atoms. The molecule has 3 nitrogen and oxygen atoms in total. The quantitative estimate of drug-likeness (QED) is 0.853. The lowest BCUT2D eigenvalue weighted by molar-refractivity contribution is 0.118. The van der Waals surface area contributed by atoms with Gasteiger partial charge in [0.15, 0.2) is 0 Å². The second-order valence-electron chi connectivity index (χ2n) is 6.54. The second-order valence-corrected chi connectivity index (χ2v) is 6.54. The molecule has 4 heteroatoms. The molecule has 2 aromatic carbocycles. The van der Waals surface area contributed by atoms with Gasteiger partial charge in [-0.3, -0.25) is 4.90 Å². The van der Waals surface area contributed by atoms with Crippen molar-refractivity contribution in [2.45, 2.75) is 44.6 Å². The molecule has 1 saturated heterocycles. The number of rotatable bonds is 6. The van der Waals surface area contributed by atoms with Gasteiger partial charge in [0.25, 0.3) is 0 Å². The highest BCUT2D eigenvalue weighted by Crippen LogP contribution is 2.28. The monoisotopic (exact) mass is 329 g/mol. The number of likely N-dealkylation sites (tertiary alicyclic amines) is 1. The van der Waals surface area contributed by atoms with Crippen LogP contribution in [0.3, 0.4) is 0 Å². The van der Waals surface area contributed by atoms with E-state index in [2.05, 4.69) is 17.0 Å². The standard InChI is InChI=1S/C20H24FNO2/c21-18-9-7-17(8-10-18)20(24)12-19-2-1-11-22(19)13-15-3-5-16(14-23)6-4-15/h3-10,19-20,23-24H,1-2,11-14H2. The fraction of sp³-hybridized carbons (Fsp3) is 0.400. The molecule has 3 rings (SSSR count). The summed E-state index contributed by atoms with van der Waals surface area (Å²) in [4.78, 5) is 2.40. The van der Waals surface area contributed by atoms with Gasteiger partial charge in [-0.25, -0.2) is 4.39 Å². The van der Waals surface area contributed by atoms with Crippen LogP contribution in [0.15, 0.2) is 48.5 Å². The molecule has 1 aliphatic rings. The Bertz CT molecular complexity index is 642. The summed E-state index contributed by atoms with van der Waals surface area (Å²) in [7, 11) is 0. The number of aliphatic hydroxyl groups is 2. The van der Waals surface area contributed by atoms with Crippen molar-refractivity contribution in [2.24, 2.45) is 0 Å². The molecule has 0 aliphatic carbocycles. The number of aliphatic hydroxyl groups excluding tert-OH is 2. The number of benzene rings is 2. The minimum Gasteiger partial charge on any atom is -0.392 e. The average Bonchev–Trinajstić information content (AvgIpc) is 3.03. The summed E-state index contributed by atoms with van der Waals surface area (Å²) in [6.45, 7) is 1.95. The number of nitrogens with zero attached hydrogens (tertiary/aromatic N) is 1. The van der Waals surface area contributed by atoms with Crippen LogP contribution in [0.4, 0.5) is 4.39 Å². The largest absolute Gasteiger partial charge is 0.392 e. The maximum atomic E-state index is 13.0.